The topological polar surface area (TPSA) is 134 Å². The lowest BCUT2D eigenvalue weighted by atomic mass is 10.2. The van der Waals surface area contributed by atoms with Crippen LogP contribution in [-0.2, 0) is 0 Å². The first kappa shape index (κ1) is 16.6. The molecule has 0 bridgehead atoms. The summed E-state index contributed by atoms with van der Waals surface area (Å²) in [7, 11) is 0. The van der Waals surface area contributed by atoms with Crippen LogP contribution >= 0.6 is 11.8 Å². The summed E-state index contributed by atoms with van der Waals surface area (Å²) in [4.78, 5) is 36.9. The van der Waals surface area contributed by atoms with E-state index in [2.05, 4.69) is 0 Å². The van der Waals surface area contributed by atoms with Gasteiger partial charge in [-0.2, -0.15) is 0 Å². The zero-order valence-electron chi connectivity index (χ0n) is 11.6. The summed E-state index contributed by atoms with van der Waals surface area (Å²) >= 11 is 5.76. The molecule has 1 heterocycles. The van der Waals surface area contributed by atoms with E-state index in [0.717, 1.165) is 18.2 Å². The van der Waals surface area contributed by atoms with Gasteiger partial charge in [-0.05, 0) is 17.8 Å². The van der Waals surface area contributed by atoms with E-state index in [1.54, 1.807) is 0 Å². The Morgan fingerprint density at radius 3 is 2.30 bits per heavy atom. The monoisotopic (exact) mass is 347 g/mol. The van der Waals surface area contributed by atoms with Gasteiger partial charge in [0.15, 0.2) is 0 Å². The maximum Gasteiger partial charge on any atom is 0.321 e. The number of hydrazine groups is 2. The highest BCUT2D eigenvalue weighted by Crippen LogP contribution is 2.30. The summed E-state index contributed by atoms with van der Waals surface area (Å²) in [6.07, 6.45) is 0. The molecule has 12 nitrogen and oxygen atoms in total. The molecule has 1 N–H and O–H groups in total. The van der Waals surface area contributed by atoms with E-state index in [0.29, 0.717) is 26.2 Å². The highest BCUT2D eigenvalue weighted by atomic mass is 35.5. The molecule has 23 heavy (non-hydrogen) atoms. The van der Waals surface area contributed by atoms with Crippen molar-refractivity contribution < 1.29 is 19.7 Å². The highest BCUT2D eigenvalue weighted by molar-refractivity contribution is 6.13. The zero-order valence-corrected chi connectivity index (χ0v) is 12.4. The molecular formula is C10H12ClN6O6+. The quantitative estimate of drug-likeness (QED) is 0.342. The summed E-state index contributed by atoms with van der Waals surface area (Å²) in [6.45, 7) is 1.59. The fraction of sp³-hybridized carbons (Fsp3) is 0.400. The SMILES string of the molecule is O=[N+]([O-])c1ccc(ON[N+](=O)N2CCN(Cl)CC2)c([N+](=O)[O-])c1. The lowest BCUT2D eigenvalue weighted by molar-refractivity contribution is -0.782. The minimum atomic E-state index is -0.842. The number of rotatable bonds is 6. The van der Waals surface area contributed by atoms with Crippen molar-refractivity contribution in [2.75, 3.05) is 26.2 Å². The molecule has 0 amide bonds. The number of nitro groups is 2. The van der Waals surface area contributed by atoms with E-state index in [-0.39, 0.29) is 10.7 Å². The Bertz CT molecular complexity index is 634. The number of non-ortho nitro benzene ring substituents is 1. The van der Waals surface area contributed by atoms with Crippen LogP contribution in [0.3, 0.4) is 0 Å². The predicted octanol–water partition coefficient (Wildman–Crippen LogP) is 0.767. The fourth-order valence-electron chi connectivity index (χ4n) is 1.85. The molecule has 1 aromatic rings. The first-order valence-electron chi connectivity index (χ1n) is 6.36. The first-order chi connectivity index (χ1) is 10.9. The summed E-state index contributed by atoms with van der Waals surface area (Å²) in [5.41, 5.74) is 0.904. The van der Waals surface area contributed by atoms with Gasteiger partial charge in [-0.15, -0.1) is 5.01 Å². The van der Waals surface area contributed by atoms with Gasteiger partial charge in [-0.3, -0.25) is 20.2 Å². The fourth-order valence-corrected chi connectivity index (χ4v) is 2.00. The van der Waals surface area contributed by atoms with Crippen molar-refractivity contribution in [3.8, 4) is 5.75 Å². The van der Waals surface area contributed by atoms with Crippen LogP contribution in [-0.4, -0.2) is 50.4 Å². The molecule has 124 valence electrons. The summed E-state index contributed by atoms with van der Waals surface area (Å²) in [6, 6.07) is 2.82. The van der Waals surface area contributed by atoms with Crippen molar-refractivity contribution in [3.63, 3.8) is 0 Å². The molecule has 0 atom stereocenters. The third-order valence-electron chi connectivity index (χ3n) is 3.04. The standard InChI is InChI=1S/C10H12ClN6O6/c11-13-3-5-14(6-4-13)17(22)12-23-10-2-1-8(15(18)19)7-9(10)16(20)21/h1-2,7H,3-6H2,(H,12,22)/q+1. The number of nitro benzene ring substituents is 2. The molecular weight excluding hydrogens is 336 g/mol. The molecule has 1 aliphatic rings. The van der Waals surface area contributed by atoms with Gasteiger partial charge in [-0.25, -0.2) is 4.42 Å². The molecule has 0 aromatic heterocycles. The average Bonchev–Trinajstić information content (AvgIpc) is 2.52. The van der Waals surface area contributed by atoms with Crippen molar-refractivity contribution in [2.24, 2.45) is 0 Å². The Morgan fingerprint density at radius 1 is 1.09 bits per heavy atom. The van der Waals surface area contributed by atoms with Crippen molar-refractivity contribution in [3.05, 3.63) is 43.3 Å². The van der Waals surface area contributed by atoms with E-state index in [9.17, 15) is 25.1 Å². The summed E-state index contributed by atoms with van der Waals surface area (Å²) in [5, 5.41) is 22.9. The van der Waals surface area contributed by atoms with Crippen molar-refractivity contribution in [1.82, 2.24) is 15.0 Å². The normalized spacial score (nSPS) is 15.1. The van der Waals surface area contributed by atoms with E-state index >= 15 is 0 Å². The molecule has 0 radical (unpaired) electrons. The maximum absolute atomic E-state index is 11.8. The number of hydrogen-bond donors (Lipinski definition) is 1. The number of nitrogens with zero attached hydrogens (tertiary/aromatic N) is 5. The van der Waals surface area contributed by atoms with Crippen LogP contribution < -0.4 is 10.4 Å². The zero-order chi connectivity index (χ0) is 17.0. The Morgan fingerprint density at radius 2 is 1.74 bits per heavy atom. The number of nitrogens with one attached hydrogen (secondary N) is 1. The number of piperazine rings is 1. The lowest BCUT2D eigenvalue weighted by Crippen LogP contribution is -2.51. The molecule has 2 rings (SSSR count). The largest absolute Gasteiger partial charge is 0.322 e. The molecule has 0 spiro atoms. The minimum absolute atomic E-state index is 0.287. The van der Waals surface area contributed by atoms with Gasteiger partial charge in [0.1, 0.15) is 0 Å². The lowest BCUT2D eigenvalue weighted by Gasteiger charge is -2.23. The van der Waals surface area contributed by atoms with E-state index in [1.165, 1.54) is 9.43 Å². The number of hydrogen-bond acceptors (Lipinski definition) is 7. The number of benzene rings is 1. The summed E-state index contributed by atoms with van der Waals surface area (Å²) < 4.78 is 1.52. The van der Waals surface area contributed by atoms with Gasteiger partial charge in [0, 0.05) is 19.2 Å². The second-order valence-corrected chi connectivity index (χ2v) is 4.97. The number of halogens is 1. The van der Waals surface area contributed by atoms with Gasteiger partial charge in [0.05, 0.1) is 39.5 Å². The van der Waals surface area contributed by atoms with Gasteiger partial charge >= 0.3 is 5.69 Å². The Balaban J connectivity index is 2.03. The molecule has 1 aliphatic heterocycles. The van der Waals surface area contributed by atoms with Crippen LogP contribution in [0.1, 0.15) is 0 Å². The van der Waals surface area contributed by atoms with Crippen LogP contribution in [0.25, 0.3) is 0 Å². The highest BCUT2D eigenvalue weighted by Gasteiger charge is 2.28. The van der Waals surface area contributed by atoms with Crippen LogP contribution in [0.4, 0.5) is 11.4 Å². The van der Waals surface area contributed by atoms with Crippen molar-refractivity contribution >= 4 is 23.2 Å². The van der Waals surface area contributed by atoms with Gasteiger partial charge in [-0.1, -0.05) is 0 Å². The average molecular weight is 348 g/mol. The summed E-state index contributed by atoms with van der Waals surface area (Å²) in [5.74, 6) is -0.322. The van der Waals surface area contributed by atoms with E-state index in [4.69, 9.17) is 16.6 Å². The van der Waals surface area contributed by atoms with Crippen LogP contribution in [0.15, 0.2) is 18.2 Å². The van der Waals surface area contributed by atoms with Crippen LogP contribution in [0, 0.1) is 25.1 Å². The van der Waals surface area contributed by atoms with Gasteiger partial charge < -0.3 is 4.84 Å². The third-order valence-corrected chi connectivity index (χ3v) is 3.38. The molecule has 0 unspecified atom stereocenters. The smallest absolute Gasteiger partial charge is 0.321 e. The van der Waals surface area contributed by atoms with Gasteiger partial charge in [0.25, 0.3) is 10.7 Å². The Hall–Kier alpha value is -2.73. The first-order valence-corrected chi connectivity index (χ1v) is 6.70. The second kappa shape index (κ2) is 7.02. The van der Waals surface area contributed by atoms with Crippen LogP contribution in [0.5, 0.6) is 5.75 Å². The van der Waals surface area contributed by atoms with Crippen LogP contribution in [0.2, 0.25) is 0 Å². The molecule has 1 saturated heterocycles. The molecule has 0 aliphatic carbocycles. The third kappa shape index (κ3) is 4.14. The Kier molecular flexibility index (Phi) is 5.08. The second-order valence-electron chi connectivity index (χ2n) is 4.50. The van der Waals surface area contributed by atoms with Crippen molar-refractivity contribution in [2.45, 2.75) is 0 Å². The molecule has 13 heteroatoms. The van der Waals surface area contributed by atoms with E-state index in [1.807, 2.05) is 5.59 Å². The van der Waals surface area contributed by atoms with Gasteiger partial charge in [0.2, 0.25) is 5.75 Å². The molecule has 0 saturated carbocycles. The minimum Gasteiger partial charge on any atom is -0.322 e. The Labute approximate surface area is 134 Å². The van der Waals surface area contributed by atoms with E-state index < -0.39 is 21.2 Å². The molecule has 1 fully saturated rings. The van der Waals surface area contributed by atoms with Crippen molar-refractivity contribution in [1.29, 1.82) is 0 Å². The number of nitroso groups, excluding NO2 is 1. The predicted molar refractivity (Wildman–Crippen MR) is 76.1 cm³/mol. The maximum atomic E-state index is 11.8. The molecule has 1 aromatic carbocycles.